The molecule has 0 saturated heterocycles. The third-order valence-corrected chi connectivity index (χ3v) is 3.10. The van der Waals surface area contributed by atoms with Gasteiger partial charge in [-0.15, -0.1) is 0 Å². The number of aromatic nitrogens is 2. The van der Waals surface area contributed by atoms with Crippen molar-refractivity contribution in [1.29, 1.82) is 0 Å². The van der Waals surface area contributed by atoms with Gasteiger partial charge >= 0.3 is 6.09 Å². The number of carbonyl (C=O) groups excluding carboxylic acids is 1. The average Bonchev–Trinajstić information content (AvgIpc) is 2.52. The van der Waals surface area contributed by atoms with Crippen LogP contribution in [0.4, 0.5) is 4.79 Å². The lowest BCUT2D eigenvalue weighted by atomic mass is 10.2. The van der Waals surface area contributed by atoms with Crippen molar-refractivity contribution in [2.45, 2.75) is 6.61 Å². The van der Waals surface area contributed by atoms with Gasteiger partial charge in [-0.2, -0.15) is 0 Å². The van der Waals surface area contributed by atoms with Gasteiger partial charge in [-0.25, -0.2) is 14.8 Å². The van der Waals surface area contributed by atoms with Crippen LogP contribution >= 0.6 is 23.2 Å². The van der Waals surface area contributed by atoms with Crippen molar-refractivity contribution >= 4 is 35.4 Å². The van der Waals surface area contributed by atoms with Crippen molar-refractivity contribution in [3.8, 4) is 0 Å². The van der Waals surface area contributed by atoms with E-state index in [4.69, 9.17) is 27.9 Å². The second-order valence-electron chi connectivity index (χ2n) is 4.23. The Morgan fingerprint density at radius 1 is 1.27 bits per heavy atom. The third-order valence-electron chi connectivity index (χ3n) is 2.61. The molecule has 1 amide bonds. The molecule has 1 aromatic heterocycles. The first-order valence-electron chi connectivity index (χ1n) is 6.44. The smallest absolute Gasteiger partial charge is 0.407 e. The lowest BCUT2D eigenvalue weighted by molar-refractivity contribution is 0.141. The maximum Gasteiger partial charge on any atom is 0.407 e. The maximum absolute atomic E-state index is 11.5. The quantitative estimate of drug-likeness (QED) is 0.667. The molecule has 0 aliphatic carbocycles. The Balaban J connectivity index is 1.73. The molecule has 0 atom stereocenters. The van der Waals surface area contributed by atoms with Gasteiger partial charge in [0.1, 0.15) is 11.8 Å². The zero-order chi connectivity index (χ0) is 15.8. The minimum absolute atomic E-state index is 0.0877. The molecule has 0 aliphatic rings. The van der Waals surface area contributed by atoms with Gasteiger partial charge in [0.2, 0.25) is 5.28 Å². The molecule has 0 unspecified atom stereocenters. The van der Waals surface area contributed by atoms with E-state index >= 15 is 0 Å². The molecule has 0 radical (unpaired) electrons. The van der Waals surface area contributed by atoms with Gasteiger partial charge in [0.05, 0.1) is 0 Å². The first kappa shape index (κ1) is 16.3. The Morgan fingerprint density at radius 2 is 2.05 bits per heavy atom. The third kappa shape index (κ3) is 5.35. The molecule has 0 aliphatic heterocycles. The van der Waals surface area contributed by atoms with Gasteiger partial charge in [-0.3, -0.25) is 0 Å². The van der Waals surface area contributed by atoms with Crippen molar-refractivity contribution in [2.75, 3.05) is 6.54 Å². The molecule has 5 nitrogen and oxygen atoms in total. The number of hydrogen-bond donors (Lipinski definition) is 1. The zero-order valence-corrected chi connectivity index (χ0v) is 13.0. The van der Waals surface area contributed by atoms with Crippen LogP contribution in [0.5, 0.6) is 0 Å². The summed E-state index contributed by atoms with van der Waals surface area (Å²) < 4.78 is 5.07. The fourth-order valence-corrected chi connectivity index (χ4v) is 1.93. The van der Waals surface area contributed by atoms with E-state index in [9.17, 15) is 4.79 Å². The van der Waals surface area contributed by atoms with Crippen LogP contribution in [0.2, 0.25) is 10.4 Å². The van der Waals surface area contributed by atoms with E-state index in [1.807, 2.05) is 30.3 Å². The van der Waals surface area contributed by atoms with Crippen molar-refractivity contribution in [3.63, 3.8) is 0 Å². The van der Waals surface area contributed by atoms with E-state index < -0.39 is 6.09 Å². The van der Waals surface area contributed by atoms with E-state index in [-0.39, 0.29) is 17.0 Å². The Bertz CT molecular complexity index is 663. The predicted molar refractivity (Wildman–Crippen MR) is 85.7 cm³/mol. The van der Waals surface area contributed by atoms with E-state index in [2.05, 4.69) is 15.3 Å². The van der Waals surface area contributed by atoms with Gasteiger partial charge < -0.3 is 10.1 Å². The summed E-state index contributed by atoms with van der Waals surface area (Å²) in [6, 6.07) is 9.44. The van der Waals surface area contributed by atoms with Crippen molar-refractivity contribution in [3.05, 3.63) is 64.2 Å². The standard InChI is InChI=1S/C15H13Cl2N3O2/c16-13-12(9-19-14(17)20-13)7-4-8-18-15(21)22-10-11-5-2-1-3-6-11/h1-7,9H,8,10H2,(H,18,21). The van der Waals surface area contributed by atoms with Crippen LogP contribution in [0.15, 0.2) is 42.6 Å². The fourth-order valence-electron chi connectivity index (χ4n) is 1.56. The van der Waals surface area contributed by atoms with Crippen molar-refractivity contribution in [1.82, 2.24) is 15.3 Å². The van der Waals surface area contributed by atoms with Crippen LogP contribution in [0.1, 0.15) is 11.1 Å². The lowest BCUT2D eigenvalue weighted by Crippen LogP contribution is -2.24. The number of nitrogens with zero attached hydrogens (tertiary/aromatic N) is 2. The minimum atomic E-state index is -0.494. The Hall–Kier alpha value is -2.11. The van der Waals surface area contributed by atoms with E-state index in [1.165, 1.54) is 6.20 Å². The summed E-state index contributed by atoms with van der Waals surface area (Å²) in [5.41, 5.74) is 1.55. The van der Waals surface area contributed by atoms with Gasteiger partial charge in [0.15, 0.2) is 0 Å². The van der Waals surface area contributed by atoms with E-state index in [1.54, 1.807) is 12.2 Å². The molecule has 1 aromatic carbocycles. The van der Waals surface area contributed by atoms with E-state index in [0.29, 0.717) is 12.1 Å². The molecule has 7 heteroatoms. The van der Waals surface area contributed by atoms with Crippen LogP contribution in [-0.4, -0.2) is 22.6 Å². The van der Waals surface area contributed by atoms with Gasteiger partial charge in [0.25, 0.3) is 0 Å². The highest BCUT2D eigenvalue weighted by Crippen LogP contribution is 2.15. The molecular formula is C15H13Cl2N3O2. The molecule has 1 heterocycles. The normalized spacial score (nSPS) is 10.6. The first-order valence-corrected chi connectivity index (χ1v) is 7.20. The second-order valence-corrected chi connectivity index (χ2v) is 4.93. The number of rotatable bonds is 5. The molecule has 0 fully saturated rings. The molecule has 22 heavy (non-hydrogen) atoms. The molecule has 0 saturated carbocycles. The number of alkyl carbamates (subject to hydrolysis) is 1. The molecule has 114 valence electrons. The fraction of sp³-hybridized carbons (Fsp3) is 0.133. The molecule has 0 bridgehead atoms. The average molecular weight is 338 g/mol. The van der Waals surface area contributed by atoms with Gasteiger partial charge in [0, 0.05) is 18.3 Å². The molecular weight excluding hydrogens is 325 g/mol. The number of nitrogens with one attached hydrogen (secondary N) is 1. The van der Waals surface area contributed by atoms with Crippen LogP contribution < -0.4 is 5.32 Å². The monoisotopic (exact) mass is 337 g/mol. The predicted octanol–water partition coefficient (Wildman–Crippen LogP) is 3.72. The van der Waals surface area contributed by atoms with Crippen LogP contribution in [-0.2, 0) is 11.3 Å². The maximum atomic E-state index is 11.5. The number of halogens is 2. The van der Waals surface area contributed by atoms with Crippen LogP contribution in [0.25, 0.3) is 6.08 Å². The van der Waals surface area contributed by atoms with Gasteiger partial charge in [-0.05, 0) is 17.2 Å². The molecule has 1 N–H and O–H groups in total. The first-order chi connectivity index (χ1) is 10.6. The minimum Gasteiger partial charge on any atom is -0.445 e. The highest BCUT2D eigenvalue weighted by Gasteiger charge is 2.02. The summed E-state index contributed by atoms with van der Waals surface area (Å²) in [7, 11) is 0. The Morgan fingerprint density at radius 3 is 2.77 bits per heavy atom. The summed E-state index contributed by atoms with van der Waals surface area (Å²) in [5.74, 6) is 0. The number of benzene rings is 1. The zero-order valence-electron chi connectivity index (χ0n) is 11.5. The number of carbonyl (C=O) groups is 1. The summed E-state index contributed by atoms with van der Waals surface area (Å²) in [4.78, 5) is 19.1. The summed E-state index contributed by atoms with van der Waals surface area (Å²) >= 11 is 11.5. The molecule has 0 spiro atoms. The lowest BCUT2D eigenvalue weighted by Gasteiger charge is -2.05. The number of hydrogen-bond acceptors (Lipinski definition) is 4. The summed E-state index contributed by atoms with van der Waals surface area (Å²) in [6.07, 6.45) is 4.41. The highest BCUT2D eigenvalue weighted by molar-refractivity contribution is 6.32. The molecule has 2 rings (SSSR count). The number of ether oxygens (including phenoxy) is 1. The van der Waals surface area contributed by atoms with Crippen molar-refractivity contribution in [2.24, 2.45) is 0 Å². The van der Waals surface area contributed by atoms with Crippen molar-refractivity contribution < 1.29 is 9.53 Å². The second kappa shape index (κ2) is 8.36. The SMILES string of the molecule is O=C(NCC=Cc1cnc(Cl)nc1Cl)OCc1ccccc1. The Labute approximate surface area is 137 Å². The van der Waals surface area contributed by atoms with Gasteiger partial charge in [-0.1, -0.05) is 54.1 Å². The largest absolute Gasteiger partial charge is 0.445 e. The highest BCUT2D eigenvalue weighted by atomic mass is 35.5. The molecule has 2 aromatic rings. The summed E-state index contributed by atoms with van der Waals surface area (Å²) in [6.45, 7) is 0.528. The van der Waals surface area contributed by atoms with Crippen LogP contribution in [0.3, 0.4) is 0 Å². The van der Waals surface area contributed by atoms with Crippen LogP contribution in [0, 0.1) is 0 Å². The topological polar surface area (TPSA) is 64.1 Å². The van der Waals surface area contributed by atoms with E-state index in [0.717, 1.165) is 5.56 Å². The Kier molecular flexibility index (Phi) is 6.18. The number of amides is 1. The summed E-state index contributed by atoms with van der Waals surface area (Å²) in [5, 5.41) is 2.94.